The number of aromatic amines is 1. The Morgan fingerprint density at radius 2 is 1.80 bits per heavy atom. The molecule has 1 saturated heterocycles. The summed E-state index contributed by atoms with van der Waals surface area (Å²) in [7, 11) is 1.39. The fraction of sp³-hybridized carbons (Fsp3) is 0.421. The summed E-state index contributed by atoms with van der Waals surface area (Å²) >= 11 is 0. The van der Waals surface area contributed by atoms with Gasteiger partial charge in [0.15, 0.2) is 0 Å². The van der Waals surface area contributed by atoms with Crippen LogP contribution in [-0.4, -0.2) is 58.3 Å². The number of nitrogens with zero attached hydrogens (tertiary/aromatic N) is 4. The summed E-state index contributed by atoms with van der Waals surface area (Å²) in [5, 5.41) is 10.9. The number of ether oxygens (including phenoxy) is 1. The highest BCUT2D eigenvalue weighted by molar-refractivity contribution is 5.68. The molecule has 3 rings (SSSR count). The monoisotopic (exact) mass is 417 g/mol. The normalized spacial score (nSPS) is 13.9. The fourth-order valence-corrected chi connectivity index (χ4v) is 3.35. The van der Waals surface area contributed by atoms with Crippen LogP contribution in [-0.2, 0) is 18.2 Å². The molecular weight excluding hydrogens is 394 g/mol. The molecule has 1 aliphatic heterocycles. The van der Waals surface area contributed by atoms with Gasteiger partial charge >= 0.3 is 11.8 Å². The molecule has 1 fully saturated rings. The van der Waals surface area contributed by atoms with Crippen LogP contribution in [0.15, 0.2) is 33.9 Å². The Morgan fingerprint density at radius 1 is 1.17 bits per heavy atom. The van der Waals surface area contributed by atoms with Crippen molar-refractivity contribution in [1.82, 2.24) is 14.5 Å². The summed E-state index contributed by atoms with van der Waals surface area (Å²) < 4.78 is 6.01. The Balaban J connectivity index is 1.88. The summed E-state index contributed by atoms with van der Waals surface area (Å²) in [6.45, 7) is 3.67. The number of piperazine rings is 1. The van der Waals surface area contributed by atoms with Crippen molar-refractivity contribution in [1.29, 1.82) is 0 Å². The maximum Gasteiger partial charge on any atom is 0.409 e. The van der Waals surface area contributed by atoms with E-state index >= 15 is 0 Å². The number of hydrogen-bond acceptors (Lipinski definition) is 7. The van der Waals surface area contributed by atoms with Gasteiger partial charge in [0.1, 0.15) is 5.82 Å². The van der Waals surface area contributed by atoms with Crippen molar-refractivity contribution in [2.75, 3.05) is 37.7 Å². The van der Waals surface area contributed by atoms with Gasteiger partial charge in [-0.15, -0.1) is 0 Å². The van der Waals surface area contributed by atoms with Crippen molar-refractivity contribution in [3.05, 3.63) is 66.3 Å². The fourth-order valence-electron chi connectivity index (χ4n) is 3.35. The quantitative estimate of drug-likeness (QED) is 0.564. The third-order valence-corrected chi connectivity index (χ3v) is 5.03. The molecule has 11 heteroatoms. The number of benzene rings is 1. The van der Waals surface area contributed by atoms with E-state index in [0.29, 0.717) is 49.7 Å². The molecule has 1 aliphatic rings. The van der Waals surface area contributed by atoms with Crippen LogP contribution < -0.4 is 16.1 Å². The lowest BCUT2D eigenvalue weighted by Crippen LogP contribution is -2.50. The third-order valence-electron chi connectivity index (χ3n) is 5.03. The topological polar surface area (TPSA) is 131 Å². The van der Waals surface area contributed by atoms with E-state index in [1.54, 1.807) is 24.0 Å². The summed E-state index contributed by atoms with van der Waals surface area (Å²) in [5.41, 5.74) is 0.0883. The predicted molar refractivity (Wildman–Crippen MR) is 109 cm³/mol. The van der Waals surface area contributed by atoms with Gasteiger partial charge in [-0.25, -0.2) is 9.59 Å². The van der Waals surface area contributed by atoms with Crippen LogP contribution >= 0.6 is 0 Å². The van der Waals surface area contributed by atoms with E-state index in [4.69, 9.17) is 4.74 Å². The number of carbonyl (C=O) groups is 1. The molecule has 30 heavy (non-hydrogen) atoms. The maximum absolute atomic E-state index is 12.8. The highest BCUT2D eigenvalue weighted by atomic mass is 16.6. The molecular formula is C19H23N5O6. The van der Waals surface area contributed by atoms with Crippen LogP contribution in [0.25, 0.3) is 0 Å². The van der Waals surface area contributed by atoms with Gasteiger partial charge in [-0.05, 0) is 12.5 Å². The van der Waals surface area contributed by atoms with Gasteiger partial charge in [-0.1, -0.05) is 12.1 Å². The predicted octanol–water partition coefficient (Wildman–Crippen LogP) is 0.851. The Hall–Kier alpha value is -3.63. The highest BCUT2D eigenvalue weighted by Crippen LogP contribution is 2.20. The highest BCUT2D eigenvalue weighted by Gasteiger charge is 2.25. The van der Waals surface area contributed by atoms with E-state index in [9.17, 15) is 24.5 Å². The van der Waals surface area contributed by atoms with Crippen LogP contribution in [0.5, 0.6) is 0 Å². The first-order valence-electron chi connectivity index (χ1n) is 9.54. The molecule has 160 valence electrons. The lowest BCUT2D eigenvalue weighted by molar-refractivity contribution is -0.384. The van der Waals surface area contributed by atoms with E-state index in [-0.39, 0.29) is 18.2 Å². The number of hydrogen-bond donors (Lipinski definition) is 1. The number of nitro groups is 1. The molecule has 0 radical (unpaired) electrons. The number of amides is 1. The molecule has 1 amide bonds. The van der Waals surface area contributed by atoms with Gasteiger partial charge in [0.05, 0.1) is 17.1 Å². The zero-order valence-corrected chi connectivity index (χ0v) is 16.8. The first kappa shape index (κ1) is 21.1. The summed E-state index contributed by atoms with van der Waals surface area (Å²) in [5.74, 6) is 0.407. The minimum atomic E-state index is -0.532. The van der Waals surface area contributed by atoms with Gasteiger partial charge in [-0.2, -0.15) is 0 Å². The minimum absolute atomic E-state index is 0.0385. The van der Waals surface area contributed by atoms with Crippen molar-refractivity contribution in [3.8, 4) is 0 Å². The SMILES string of the molecule is CCOC(=O)N1CCN(c2[nH]c(=O)n(C)c(=O)c2Cc2ccc([N+](=O)[O-])cc2)CC1. The van der Waals surface area contributed by atoms with E-state index in [0.717, 1.165) is 4.57 Å². The number of non-ortho nitro benzene ring substituents is 1. The summed E-state index contributed by atoms with van der Waals surface area (Å²) in [6.07, 6.45) is -0.185. The zero-order chi connectivity index (χ0) is 21.8. The molecule has 0 bridgehead atoms. The van der Waals surface area contributed by atoms with E-state index in [2.05, 4.69) is 4.98 Å². The van der Waals surface area contributed by atoms with E-state index < -0.39 is 16.2 Å². The first-order chi connectivity index (χ1) is 14.3. The molecule has 1 aromatic heterocycles. The number of nitrogens with one attached hydrogen (secondary N) is 1. The largest absolute Gasteiger partial charge is 0.450 e. The van der Waals surface area contributed by atoms with Crippen molar-refractivity contribution >= 4 is 17.6 Å². The van der Waals surface area contributed by atoms with Crippen LogP contribution in [0.3, 0.4) is 0 Å². The second-order valence-corrected chi connectivity index (χ2v) is 6.89. The molecule has 1 N–H and O–H groups in total. The number of carbonyl (C=O) groups excluding carboxylic acids is 1. The molecule has 0 unspecified atom stereocenters. The molecule has 1 aromatic carbocycles. The van der Waals surface area contributed by atoms with Crippen molar-refractivity contribution in [2.24, 2.45) is 7.05 Å². The minimum Gasteiger partial charge on any atom is -0.450 e. The Morgan fingerprint density at radius 3 is 2.37 bits per heavy atom. The van der Waals surface area contributed by atoms with Crippen molar-refractivity contribution in [2.45, 2.75) is 13.3 Å². The molecule has 0 spiro atoms. The van der Waals surface area contributed by atoms with E-state index in [1.807, 2.05) is 4.90 Å². The standard InChI is InChI=1S/C19H23N5O6/c1-3-30-19(27)23-10-8-22(9-11-23)16-15(17(25)21(2)18(26)20-16)12-13-4-6-14(7-5-13)24(28)29/h4-7H,3,8-12H2,1-2H3,(H,20,26). The molecule has 0 atom stereocenters. The molecule has 0 aliphatic carbocycles. The maximum atomic E-state index is 12.8. The number of nitro benzene ring substituents is 1. The van der Waals surface area contributed by atoms with Gasteiger partial charge in [0.2, 0.25) is 0 Å². The van der Waals surface area contributed by atoms with Crippen LogP contribution in [0.4, 0.5) is 16.3 Å². The Kier molecular flexibility index (Phi) is 6.19. The second kappa shape index (κ2) is 8.80. The van der Waals surface area contributed by atoms with Crippen molar-refractivity contribution < 1.29 is 14.5 Å². The number of rotatable bonds is 5. The lowest BCUT2D eigenvalue weighted by Gasteiger charge is -2.35. The third kappa shape index (κ3) is 4.34. The molecule has 0 saturated carbocycles. The average Bonchev–Trinajstić information content (AvgIpc) is 2.74. The number of anilines is 1. The number of H-pyrrole nitrogens is 1. The molecule has 2 heterocycles. The molecule has 2 aromatic rings. The number of aromatic nitrogens is 2. The summed E-state index contributed by atoms with van der Waals surface area (Å²) in [6, 6.07) is 5.93. The Labute approximate surface area is 171 Å². The molecule has 11 nitrogen and oxygen atoms in total. The van der Waals surface area contributed by atoms with Gasteiger partial charge in [0, 0.05) is 51.8 Å². The first-order valence-corrected chi connectivity index (χ1v) is 9.54. The second-order valence-electron chi connectivity index (χ2n) is 6.89. The van der Waals surface area contributed by atoms with Crippen LogP contribution in [0, 0.1) is 10.1 Å². The zero-order valence-electron chi connectivity index (χ0n) is 16.8. The van der Waals surface area contributed by atoms with Crippen LogP contribution in [0.1, 0.15) is 18.1 Å². The van der Waals surface area contributed by atoms with E-state index in [1.165, 1.54) is 19.2 Å². The van der Waals surface area contributed by atoms with Gasteiger partial charge in [-0.3, -0.25) is 24.5 Å². The van der Waals surface area contributed by atoms with Crippen LogP contribution in [0.2, 0.25) is 0 Å². The average molecular weight is 417 g/mol. The smallest absolute Gasteiger partial charge is 0.409 e. The van der Waals surface area contributed by atoms with Crippen molar-refractivity contribution in [3.63, 3.8) is 0 Å². The van der Waals surface area contributed by atoms with Gasteiger partial charge < -0.3 is 14.5 Å². The Bertz CT molecular complexity index is 1050. The van der Waals surface area contributed by atoms with Gasteiger partial charge in [0.25, 0.3) is 11.2 Å². The lowest BCUT2D eigenvalue weighted by atomic mass is 10.1. The summed E-state index contributed by atoms with van der Waals surface area (Å²) in [4.78, 5) is 53.5.